The van der Waals surface area contributed by atoms with Crippen molar-refractivity contribution in [1.29, 1.82) is 0 Å². The molecular formula is C16H16F3NO4. The molecule has 2 atom stereocenters. The predicted octanol–water partition coefficient (Wildman–Crippen LogP) is 2.99. The SMILES string of the molecule is CCOC(=O)/C(C=N[C@@H]1C[C@@H]1F)=C(/O)c1ccc(F)c(OC)c1F. The number of carbonyl (C=O) groups is 1. The molecule has 1 aromatic rings. The summed E-state index contributed by atoms with van der Waals surface area (Å²) in [7, 11) is 1.06. The van der Waals surface area contributed by atoms with E-state index < -0.39 is 52.5 Å². The number of esters is 1. The Kier molecular flexibility index (Phi) is 5.48. The Hall–Kier alpha value is -2.51. The predicted molar refractivity (Wildman–Crippen MR) is 80.9 cm³/mol. The van der Waals surface area contributed by atoms with E-state index >= 15 is 0 Å². The van der Waals surface area contributed by atoms with Gasteiger partial charge in [0.2, 0.25) is 0 Å². The van der Waals surface area contributed by atoms with Crippen LogP contribution in [0.15, 0.2) is 22.7 Å². The van der Waals surface area contributed by atoms with Crippen LogP contribution in [0.4, 0.5) is 13.2 Å². The minimum Gasteiger partial charge on any atom is -0.506 e. The lowest BCUT2D eigenvalue weighted by molar-refractivity contribution is -0.137. The van der Waals surface area contributed by atoms with Crippen LogP contribution in [0, 0.1) is 11.6 Å². The van der Waals surface area contributed by atoms with Crippen LogP contribution in [-0.4, -0.2) is 43.2 Å². The second kappa shape index (κ2) is 7.37. The lowest BCUT2D eigenvalue weighted by Gasteiger charge is -2.10. The third kappa shape index (κ3) is 3.69. The lowest BCUT2D eigenvalue weighted by Crippen LogP contribution is -2.12. The Labute approximate surface area is 136 Å². The average Bonchev–Trinajstić information content (AvgIpc) is 3.23. The van der Waals surface area contributed by atoms with Crippen LogP contribution < -0.4 is 4.74 Å². The zero-order valence-corrected chi connectivity index (χ0v) is 13.1. The van der Waals surface area contributed by atoms with Gasteiger partial charge in [-0.2, -0.15) is 0 Å². The van der Waals surface area contributed by atoms with Gasteiger partial charge in [-0.25, -0.2) is 18.0 Å². The Morgan fingerprint density at radius 3 is 2.67 bits per heavy atom. The standard InChI is InChI=1S/C16H16F3NO4/c1-3-24-16(22)9(7-20-12-6-11(12)18)14(21)8-4-5-10(17)15(23-2)13(8)19/h4-5,7,11-12,21H,3,6H2,1-2H3/b14-9+,20-7?/t11-,12+/m0/s1. The van der Waals surface area contributed by atoms with E-state index in [1.54, 1.807) is 6.92 Å². The minimum atomic E-state index is -1.18. The summed E-state index contributed by atoms with van der Waals surface area (Å²) in [4.78, 5) is 15.8. The molecule has 0 bridgehead atoms. The maximum Gasteiger partial charge on any atom is 0.343 e. The smallest absolute Gasteiger partial charge is 0.343 e. The number of alkyl halides is 1. The lowest BCUT2D eigenvalue weighted by atomic mass is 10.1. The molecule has 1 aliphatic rings. The molecule has 1 fully saturated rings. The number of carbonyl (C=O) groups excluding carboxylic acids is 1. The summed E-state index contributed by atoms with van der Waals surface area (Å²) < 4.78 is 50.0. The number of aliphatic hydroxyl groups excluding tert-OH is 1. The molecule has 0 saturated heterocycles. The van der Waals surface area contributed by atoms with Crippen molar-refractivity contribution in [3.63, 3.8) is 0 Å². The number of hydrogen-bond donors (Lipinski definition) is 1. The Bertz CT molecular complexity index is 703. The van der Waals surface area contributed by atoms with E-state index in [1.165, 1.54) is 0 Å². The highest BCUT2D eigenvalue weighted by molar-refractivity contribution is 6.15. The highest BCUT2D eigenvalue weighted by Crippen LogP contribution is 2.31. The summed E-state index contributed by atoms with van der Waals surface area (Å²) in [5.41, 5.74) is -0.918. The van der Waals surface area contributed by atoms with Crippen molar-refractivity contribution in [2.45, 2.75) is 25.6 Å². The third-order valence-electron chi connectivity index (χ3n) is 3.33. The highest BCUT2D eigenvalue weighted by atomic mass is 19.1. The van der Waals surface area contributed by atoms with Gasteiger partial charge in [0, 0.05) is 12.6 Å². The van der Waals surface area contributed by atoms with Gasteiger partial charge in [-0.1, -0.05) is 0 Å². The fraction of sp³-hybridized carbons (Fsp3) is 0.375. The molecule has 1 N–H and O–H groups in total. The van der Waals surface area contributed by atoms with E-state index in [2.05, 4.69) is 9.73 Å². The van der Waals surface area contributed by atoms with Gasteiger partial charge in [0.1, 0.15) is 17.5 Å². The number of methoxy groups -OCH3 is 1. The van der Waals surface area contributed by atoms with Gasteiger partial charge >= 0.3 is 5.97 Å². The molecule has 0 amide bonds. The molecule has 5 nitrogen and oxygen atoms in total. The Balaban J connectivity index is 2.48. The van der Waals surface area contributed by atoms with Crippen molar-refractivity contribution in [3.8, 4) is 5.75 Å². The number of halogens is 3. The second-order valence-electron chi connectivity index (χ2n) is 5.02. The quantitative estimate of drug-likeness (QED) is 0.373. The summed E-state index contributed by atoms with van der Waals surface area (Å²) in [6, 6.07) is 1.23. The van der Waals surface area contributed by atoms with E-state index in [-0.39, 0.29) is 13.0 Å². The van der Waals surface area contributed by atoms with Gasteiger partial charge < -0.3 is 14.6 Å². The van der Waals surface area contributed by atoms with E-state index in [4.69, 9.17) is 4.74 Å². The minimum absolute atomic E-state index is 0.00778. The largest absolute Gasteiger partial charge is 0.506 e. The molecule has 0 heterocycles. The van der Waals surface area contributed by atoms with E-state index in [0.29, 0.717) is 0 Å². The van der Waals surface area contributed by atoms with Crippen LogP contribution in [0.1, 0.15) is 18.9 Å². The van der Waals surface area contributed by atoms with Crippen LogP contribution in [-0.2, 0) is 9.53 Å². The molecule has 24 heavy (non-hydrogen) atoms. The molecular weight excluding hydrogens is 327 g/mol. The molecule has 0 radical (unpaired) electrons. The molecule has 0 aromatic heterocycles. The molecule has 0 unspecified atom stereocenters. The fourth-order valence-electron chi connectivity index (χ4n) is 1.94. The molecule has 0 spiro atoms. The number of aliphatic hydroxyl groups is 1. The first-order valence-corrected chi connectivity index (χ1v) is 7.20. The van der Waals surface area contributed by atoms with E-state index in [1.807, 2.05) is 0 Å². The first-order valence-electron chi connectivity index (χ1n) is 7.20. The van der Waals surface area contributed by atoms with Gasteiger partial charge in [-0.15, -0.1) is 0 Å². The summed E-state index contributed by atoms with van der Waals surface area (Å²) >= 11 is 0. The monoisotopic (exact) mass is 343 g/mol. The maximum atomic E-state index is 14.3. The van der Waals surface area contributed by atoms with Crippen LogP contribution >= 0.6 is 0 Å². The zero-order chi connectivity index (χ0) is 17.9. The number of hydrogen-bond acceptors (Lipinski definition) is 5. The van der Waals surface area contributed by atoms with Crippen molar-refractivity contribution in [2.24, 2.45) is 4.99 Å². The van der Waals surface area contributed by atoms with Crippen LogP contribution in [0.5, 0.6) is 5.75 Å². The van der Waals surface area contributed by atoms with Gasteiger partial charge in [0.25, 0.3) is 0 Å². The van der Waals surface area contributed by atoms with Gasteiger partial charge in [0.15, 0.2) is 17.4 Å². The third-order valence-corrected chi connectivity index (χ3v) is 3.33. The van der Waals surface area contributed by atoms with Gasteiger partial charge in [-0.3, -0.25) is 4.99 Å². The summed E-state index contributed by atoms with van der Waals surface area (Å²) in [5, 5.41) is 10.2. The van der Waals surface area contributed by atoms with Crippen molar-refractivity contribution in [1.82, 2.24) is 0 Å². The summed E-state index contributed by atoms with van der Waals surface area (Å²) in [6.45, 7) is 1.55. The molecule has 1 saturated carbocycles. The highest BCUT2D eigenvalue weighted by Gasteiger charge is 2.37. The fourth-order valence-corrected chi connectivity index (χ4v) is 1.94. The molecule has 8 heteroatoms. The Morgan fingerprint density at radius 1 is 1.46 bits per heavy atom. The van der Waals surface area contributed by atoms with Crippen LogP contribution in [0.3, 0.4) is 0 Å². The van der Waals surface area contributed by atoms with Crippen molar-refractivity contribution < 1.29 is 32.5 Å². The van der Waals surface area contributed by atoms with Crippen molar-refractivity contribution in [3.05, 3.63) is 34.9 Å². The van der Waals surface area contributed by atoms with E-state index in [0.717, 1.165) is 25.5 Å². The molecule has 130 valence electrons. The summed E-state index contributed by atoms with van der Waals surface area (Å²) in [6.07, 6.45) is 0.0494. The number of rotatable bonds is 6. The normalized spacial score (nSPS) is 20.7. The van der Waals surface area contributed by atoms with Crippen molar-refractivity contribution >= 4 is 17.9 Å². The first-order chi connectivity index (χ1) is 11.4. The van der Waals surface area contributed by atoms with Gasteiger partial charge in [-0.05, 0) is 19.1 Å². The second-order valence-corrected chi connectivity index (χ2v) is 5.02. The number of ether oxygens (including phenoxy) is 2. The Morgan fingerprint density at radius 2 is 2.12 bits per heavy atom. The van der Waals surface area contributed by atoms with Crippen LogP contribution in [0.25, 0.3) is 5.76 Å². The maximum absolute atomic E-state index is 14.3. The molecule has 1 aromatic carbocycles. The molecule has 1 aliphatic carbocycles. The van der Waals surface area contributed by atoms with Gasteiger partial charge in [0.05, 0.1) is 25.3 Å². The van der Waals surface area contributed by atoms with Crippen molar-refractivity contribution in [2.75, 3.05) is 13.7 Å². The first kappa shape index (κ1) is 17.8. The topological polar surface area (TPSA) is 68.1 Å². The molecule has 0 aliphatic heterocycles. The number of nitrogens with zero attached hydrogens (tertiary/aromatic N) is 1. The molecule has 2 rings (SSSR count). The van der Waals surface area contributed by atoms with E-state index in [9.17, 15) is 23.1 Å². The number of aliphatic imine (C=N–C) groups is 1. The number of benzene rings is 1. The zero-order valence-electron chi connectivity index (χ0n) is 13.1. The van der Waals surface area contributed by atoms with Crippen LogP contribution in [0.2, 0.25) is 0 Å². The summed E-state index contributed by atoms with van der Waals surface area (Å²) in [5.74, 6) is -4.61. The average molecular weight is 343 g/mol.